The predicted octanol–water partition coefficient (Wildman–Crippen LogP) is 4.51. The van der Waals surface area contributed by atoms with Gasteiger partial charge in [0.1, 0.15) is 17.4 Å². The van der Waals surface area contributed by atoms with Gasteiger partial charge in [0.25, 0.3) is 5.91 Å². The van der Waals surface area contributed by atoms with E-state index in [0.29, 0.717) is 6.54 Å². The summed E-state index contributed by atoms with van der Waals surface area (Å²) in [7, 11) is 0. The smallest absolute Gasteiger partial charge is 0.258 e. The Hall–Kier alpha value is -3.13. The van der Waals surface area contributed by atoms with Gasteiger partial charge in [-0.05, 0) is 62.3 Å². The second-order valence-corrected chi connectivity index (χ2v) is 10.0. The van der Waals surface area contributed by atoms with Crippen LogP contribution in [0.4, 0.5) is 4.39 Å². The molecule has 3 aromatic rings. The molecule has 2 bridgehead atoms. The zero-order valence-electron chi connectivity index (χ0n) is 19.3. The molecule has 9 heteroatoms. The van der Waals surface area contributed by atoms with E-state index in [1.165, 1.54) is 18.2 Å². The average Bonchev–Trinajstić information content (AvgIpc) is 3.26. The van der Waals surface area contributed by atoms with E-state index in [0.717, 1.165) is 55.4 Å². The van der Waals surface area contributed by atoms with Crippen molar-refractivity contribution in [2.24, 2.45) is 11.8 Å². The first-order chi connectivity index (χ1) is 16.9. The SMILES string of the molecule is O=C(COc1ccc(Cl)c(F)c1)NC12CCCC(C1)C(C(=O)NCc1nc3ccccc3[nH]1)CC2. The fourth-order valence-electron chi connectivity index (χ4n) is 5.61. The quantitative estimate of drug-likeness (QED) is 0.446. The van der Waals surface area contributed by atoms with Crippen molar-refractivity contribution in [3.05, 3.63) is 59.1 Å². The fraction of sp³-hybridized carbons (Fsp3) is 0.423. The minimum atomic E-state index is -0.588. The van der Waals surface area contributed by atoms with Gasteiger partial charge in [0.2, 0.25) is 5.91 Å². The number of aromatic nitrogens is 2. The van der Waals surface area contributed by atoms with Crippen molar-refractivity contribution in [2.75, 3.05) is 6.61 Å². The lowest BCUT2D eigenvalue weighted by Crippen LogP contribution is -2.57. The first-order valence-corrected chi connectivity index (χ1v) is 12.4. The molecule has 3 N–H and O–H groups in total. The third kappa shape index (κ3) is 5.27. The van der Waals surface area contributed by atoms with Gasteiger partial charge in [0.05, 0.1) is 22.6 Å². The molecule has 1 heterocycles. The van der Waals surface area contributed by atoms with Crippen molar-refractivity contribution in [1.29, 1.82) is 0 Å². The number of rotatable bonds is 7. The maximum Gasteiger partial charge on any atom is 0.258 e. The van der Waals surface area contributed by atoms with Crippen molar-refractivity contribution < 1.29 is 18.7 Å². The van der Waals surface area contributed by atoms with Crippen LogP contribution in [0.15, 0.2) is 42.5 Å². The molecular weight excluding hydrogens is 471 g/mol. The topological polar surface area (TPSA) is 96.1 Å². The molecule has 2 fully saturated rings. The number of hydrogen-bond donors (Lipinski definition) is 3. The highest BCUT2D eigenvalue weighted by Gasteiger charge is 2.46. The number of ether oxygens (including phenoxy) is 1. The van der Waals surface area contributed by atoms with E-state index >= 15 is 0 Å². The summed E-state index contributed by atoms with van der Waals surface area (Å²) in [6.07, 6.45) is 5.06. The molecule has 2 aromatic carbocycles. The van der Waals surface area contributed by atoms with E-state index < -0.39 is 5.82 Å². The Balaban J connectivity index is 1.14. The number of imidazole rings is 1. The summed E-state index contributed by atoms with van der Waals surface area (Å²) < 4.78 is 19.0. The maximum absolute atomic E-state index is 13.6. The van der Waals surface area contributed by atoms with Crippen LogP contribution in [0, 0.1) is 17.7 Å². The first-order valence-electron chi connectivity index (χ1n) is 12.0. The number of carbonyl (C=O) groups excluding carboxylic acids is 2. The molecule has 184 valence electrons. The minimum absolute atomic E-state index is 0.00678. The number of halogens is 2. The number of para-hydroxylation sites is 2. The van der Waals surface area contributed by atoms with Crippen LogP contribution in [0.2, 0.25) is 5.02 Å². The van der Waals surface area contributed by atoms with Crippen molar-refractivity contribution in [1.82, 2.24) is 20.6 Å². The maximum atomic E-state index is 13.6. The molecule has 2 aliphatic rings. The lowest BCUT2D eigenvalue weighted by atomic mass is 9.62. The van der Waals surface area contributed by atoms with E-state index in [-0.39, 0.29) is 46.6 Å². The van der Waals surface area contributed by atoms with Gasteiger partial charge in [0.15, 0.2) is 6.61 Å². The highest BCUT2D eigenvalue weighted by molar-refractivity contribution is 6.30. The number of hydrogen-bond acceptors (Lipinski definition) is 4. The molecule has 5 rings (SSSR count). The molecule has 0 saturated heterocycles. The average molecular weight is 499 g/mol. The number of fused-ring (bicyclic) bond motifs is 3. The van der Waals surface area contributed by atoms with E-state index in [9.17, 15) is 14.0 Å². The number of nitrogens with zero attached hydrogens (tertiary/aromatic N) is 1. The third-order valence-corrected chi connectivity index (χ3v) is 7.56. The minimum Gasteiger partial charge on any atom is -0.484 e. The molecule has 0 aliphatic heterocycles. The molecule has 7 nitrogen and oxygen atoms in total. The van der Waals surface area contributed by atoms with E-state index in [1.807, 2.05) is 24.3 Å². The van der Waals surface area contributed by atoms with Gasteiger partial charge in [-0.15, -0.1) is 0 Å². The standard InChI is InChI=1S/C26H28ClFN4O3/c27-19-8-7-17(12-20(19)28)35-15-24(33)32-26-10-3-4-16(13-26)18(9-11-26)25(34)29-14-23-30-21-5-1-2-6-22(21)31-23/h1-2,5-8,12,16,18H,3-4,9-11,13-15H2,(H,29,34)(H,30,31)(H,32,33). The highest BCUT2D eigenvalue weighted by atomic mass is 35.5. The lowest BCUT2D eigenvalue weighted by Gasteiger charge is -2.48. The second kappa shape index (κ2) is 9.85. The number of amides is 2. The van der Waals surface area contributed by atoms with Crippen LogP contribution in [0.3, 0.4) is 0 Å². The number of nitrogens with one attached hydrogen (secondary N) is 3. The summed E-state index contributed by atoms with van der Waals surface area (Å²) in [6, 6.07) is 11.9. The van der Waals surface area contributed by atoms with E-state index in [1.54, 1.807) is 0 Å². The van der Waals surface area contributed by atoms with Crippen LogP contribution >= 0.6 is 11.6 Å². The number of benzene rings is 2. The normalized spacial score (nSPS) is 23.6. The fourth-order valence-corrected chi connectivity index (χ4v) is 5.72. The van der Waals surface area contributed by atoms with Crippen LogP contribution in [0.1, 0.15) is 44.3 Å². The predicted molar refractivity (Wildman–Crippen MR) is 130 cm³/mol. The van der Waals surface area contributed by atoms with Crippen LogP contribution in [-0.4, -0.2) is 33.9 Å². The first kappa shape index (κ1) is 23.6. The Morgan fingerprint density at radius 3 is 2.89 bits per heavy atom. The molecule has 3 atom stereocenters. The molecule has 2 aliphatic carbocycles. The Morgan fingerprint density at radius 1 is 1.20 bits per heavy atom. The molecule has 0 spiro atoms. The Bertz CT molecular complexity index is 1220. The molecule has 3 unspecified atom stereocenters. The van der Waals surface area contributed by atoms with Gasteiger partial charge >= 0.3 is 0 Å². The summed E-state index contributed by atoms with van der Waals surface area (Å²) in [6.45, 7) is 0.163. The van der Waals surface area contributed by atoms with Gasteiger partial charge in [-0.3, -0.25) is 9.59 Å². The molecular formula is C26H28ClFN4O3. The summed E-state index contributed by atoms with van der Waals surface area (Å²) in [5.74, 6) is 0.360. The molecule has 0 radical (unpaired) electrons. The lowest BCUT2D eigenvalue weighted by molar-refractivity contribution is -0.131. The van der Waals surface area contributed by atoms with Gasteiger partial charge in [-0.2, -0.15) is 0 Å². The van der Waals surface area contributed by atoms with Crippen LogP contribution in [0.25, 0.3) is 11.0 Å². The van der Waals surface area contributed by atoms with Crippen molar-refractivity contribution >= 4 is 34.4 Å². The largest absolute Gasteiger partial charge is 0.484 e. The monoisotopic (exact) mass is 498 g/mol. The van der Waals surface area contributed by atoms with E-state index in [2.05, 4.69) is 20.6 Å². The van der Waals surface area contributed by atoms with Gasteiger partial charge in [-0.25, -0.2) is 9.37 Å². The van der Waals surface area contributed by atoms with Crippen molar-refractivity contribution in [3.63, 3.8) is 0 Å². The molecule has 1 aromatic heterocycles. The summed E-state index contributed by atoms with van der Waals surface area (Å²) in [5, 5.41) is 6.22. The summed E-state index contributed by atoms with van der Waals surface area (Å²) in [5.41, 5.74) is 1.52. The van der Waals surface area contributed by atoms with Crippen LogP contribution in [0.5, 0.6) is 5.75 Å². The Kier molecular flexibility index (Phi) is 6.65. The second-order valence-electron chi connectivity index (χ2n) is 9.61. The Morgan fingerprint density at radius 2 is 2.06 bits per heavy atom. The van der Waals surface area contributed by atoms with Crippen LogP contribution in [-0.2, 0) is 16.1 Å². The number of aromatic amines is 1. The van der Waals surface area contributed by atoms with Crippen molar-refractivity contribution in [3.8, 4) is 5.75 Å². The van der Waals surface area contributed by atoms with Crippen molar-refractivity contribution in [2.45, 2.75) is 50.6 Å². The summed E-state index contributed by atoms with van der Waals surface area (Å²) in [4.78, 5) is 33.4. The van der Waals surface area contributed by atoms with Gasteiger partial charge in [0, 0.05) is 17.5 Å². The van der Waals surface area contributed by atoms with Crippen LogP contribution < -0.4 is 15.4 Å². The van der Waals surface area contributed by atoms with Gasteiger partial charge in [-0.1, -0.05) is 30.2 Å². The zero-order chi connectivity index (χ0) is 24.4. The molecule has 2 amide bonds. The Labute approximate surface area is 207 Å². The third-order valence-electron chi connectivity index (χ3n) is 7.26. The van der Waals surface area contributed by atoms with E-state index in [4.69, 9.17) is 16.3 Å². The number of H-pyrrole nitrogens is 1. The van der Waals surface area contributed by atoms with Gasteiger partial charge < -0.3 is 20.4 Å². The highest BCUT2D eigenvalue weighted by Crippen LogP contribution is 2.46. The molecule has 2 saturated carbocycles. The number of carbonyl (C=O) groups is 2. The summed E-state index contributed by atoms with van der Waals surface area (Å²) >= 11 is 5.69. The molecule has 35 heavy (non-hydrogen) atoms. The zero-order valence-corrected chi connectivity index (χ0v) is 20.0.